The lowest BCUT2D eigenvalue weighted by Crippen LogP contribution is -2.33. The monoisotopic (exact) mass is 428 g/mol. The molecule has 0 bridgehead atoms. The van der Waals surface area contributed by atoms with E-state index < -0.39 is 0 Å². The Bertz CT molecular complexity index is 1150. The summed E-state index contributed by atoms with van der Waals surface area (Å²) in [6.45, 7) is 4.00. The number of likely N-dealkylation sites (N-methyl/N-ethyl adjacent to an activating group) is 1. The first kappa shape index (κ1) is 20.2. The molecule has 1 amide bonds. The summed E-state index contributed by atoms with van der Waals surface area (Å²) < 4.78 is 11.0. The van der Waals surface area contributed by atoms with Crippen LogP contribution in [0.15, 0.2) is 41.2 Å². The van der Waals surface area contributed by atoms with E-state index in [0.717, 1.165) is 0 Å². The molecule has 0 saturated heterocycles. The first-order valence-electron chi connectivity index (χ1n) is 9.62. The number of aromatic amines is 1. The summed E-state index contributed by atoms with van der Waals surface area (Å²) in [5, 5.41) is 3.85. The van der Waals surface area contributed by atoms with Crippen LogP contribution in [0.3, 0.4) is 0 Å². The van der Waals surface area contributed by atoms with Crippen molar-refractivity contribution in [2.75, 3.05) is 31.6 Å². The molecule has 0 unspecified atom stereocenters. The predicted molar refractivity (Wildman–Crippen MR) is 114 cm³/mol. The number of halogens is 1. The van der Waals surface area contributed by atoms with Gasteiger partial charge < -0.3 is 19.8 Å². The molecule has 3 aromatic rings. The second kappa shape index (κ2) is 8.73. The maximum Gasteiger partial charge on any atom is 0.258 e. The van der Waals surface area contributed by atoms with Gasteiger partial charge in [-0.05, 0) is 36.9 Å². The first-order valence-corrected chi connectivity index (χ1v) is 10.00. The second-order valence-electron chi connectivity index (χ2n) is 6.88. The first-order chi connectivity index (χ1) is 14.5. The van der Waals surface area contributed by atoms with Crippen molar-refractivity contribution >= 4 is 34.1 Å². The number of hydrogen-bond acceptors (Lipinski definition) is 6. The lowest BCUT2D eigenvalue weighted by molar-refractivity contribution is -0.117. The zero-order valence-electron chi connectivity index (χ0n) is 16.4. The van der Waals surface area contributed by atoms with Crippen LogP contribution >= 0.6 is 11.6 Å². The maximum atomic E-state index is 12.5. The smallest absolute Gasteiger partial charge is 0.258 e. The van der Waals surface area contributed by atoms with Gasteiger partial charge >= 0.3 is 0 Å². The fraction of sp³-hybridized carbons (Fsp3) is 0.286. The van der Waals surface area contributed by atoms with Gasteiger partial charge in [-0.1, -0.05) is 18.5 Å². The molecule has 30 heavy (non-hydrogen) atoms. The molecular weight excluding hydrogens is 408 g/mol. The Morgan fingerprint density at radius 2 is 2.00 bits per heavy atom. The number of rotatable bonds is 6. The highest BCUT2D eigenvalue weighted by Gasteiger charge is 2.15. The van der Waals surface area contributed by atoms with E-state index in [9.17, 15) is 9.59 Å². The number of amides is 1. The van der Waals surface area contributed by atoms with Gasteiger partial charge in [0.2, 0.25) is 5.91 Å². The quantitative estimate of drug-likeness (QED) is 0.626. The van der Waals surface area contributed by atoms with Crippen LogP contribution in [0.25, 0.3) is 10.9 Å². The SMILES string of the molecule is CCN(CC(=O)Nc1ccc2c(c1)OCCO2)Cc1nc2cc(Cl)ccc2c(=O)[nH]1. The third-order valence-corrected chi connectivity index (χ3v) is 4.97. The van der Waals surface area contributed by atoms with Crippen molar-refractivity contribution in [3.05, 3.63) is 57.6 Å². The van der Waals surface area contributed by atoms with Gasteiger partial charge in [0.05, 0.1) is 24.0 Å². The summed E-state index contributed by atoms with van der Waals surface area (Å²) in [7, 11) is 0. The van der Waals surface area contributed by atoms with Gasteiger partial charge in [-0.2, -0.15) is 0 Å². The van der Waals surface area contributed by atoms with E-state index in [2.05, 4.69) is 15.3 Å². The average Bonchev–Trinajstić information content (AvgIpc) is 2.72. The molecule has 0 atom stereocenters. The molecule has 8 nitrogen and oxygen atoms in total. The van der Waals surface area contributed by atoms with Crippen LogP contribution in [0.1, 0.15) is 12.7 Å². The van der Waals surface area contributed by atoms with E-state index in [0.29, 0.717) is 65.2 Å². The number of nitrogens with one attached hydrogen (secondary N) is 2. The van der Waals surface area contributed by atoms with Crippen molar-refractivity contribution in [3.63, 3.8) is 0 Å². The molecule has 1 aliphatic heterocycles. The van der Waals surface area contributed by atoms with Crippen LogP contribution < -0.4 is 20.3 Å². The van der Waals surface area contributed by atoms with E-state index >= 15 is 0 Å². The molecule has 2 aromatic carbocycles. The highest BCUT2D eigenvalue weighted by Crippen LogP contribution is 2.32. The third kappa shape index (κ3) is 4.55. The lowest BCUT2D eigenvalue weighted by Gasteiger charge is -2.21. The van der Waals surface area contributed by atoms with E-state index in [1.165, 1.54) is 0 Å². The van der Waals surface area contributed by atoms with Crippen molar-refractivity contribution in [1.29, 1.82) is 0 Å². The average molecular weight is 429 g/mol. The molecule has 0 saturated carbocycles. The Morgan fingerprint density at radius 1 is 1.20 bits per heavy atom. The fourth-order valence-electron chi connectivity index (χ4n) is 3.25. The molecule has 9 heteroatoms. The molecule has 2 heterocycles. The van der Waals surface area contributed by atoms with E-state index in [-0.39, 0.29) is 18.0 Å². The van der Waals surface area contributed by atoms with Crippen molar-refractivity contribution in [1.82, 2.24) is 14.9 Å². The number of aromatic nitrogens is 2. The van der Waals surface area contributed by atoms with Crippen molar-refractivity contribution < 1.29 is 14.3 Å². The van der Waals surface area contributed by atoms with Crippen molar-refractivity contribution in [3.8, 4) is 11.5 Å². The molecule has 1 aliphatic rings. The summed E-state index contributed by atoms with van der Waals surface area (Å²) in [5.74, 6) is 1.58. The molecule has 0 fully saturated rings. The van der Waals surface area contributed by atoms with Gasteiger partial charge in [-0.15, -0.1) is 0 Å². The van der Waals surface area contributed by atoms with Crippen LogP contribution in [0, 0.1) is 0 Å². The summed E-state index contributed by atoms with van der Waals surface area (Å²) in [6.07, 6.45) is 0. The standard InChI is InChI=1S/C21H21ClN4O4/c1-2-26(11-19-24-16-9-13(22)3-5-15(16)21(28)25-19)12-20(27)23-14-4-6-17-18(10-14)30-8-7-29-17/h3-6,9-10H,2,7-8,11-12H2,1H3,(H,23,27)(H,24,25,28). The molecule has 0 aliphatic carbocycles. The number of H-pyrrole nitrogens is 1. The number of carbonyl (C=O) groups is 1. The number of carbonyl (C=O) groups excluding carboxylic acids is 1. The van der Waals surface area contributed by atoms with Crippen LogP contribution in [0.5, 0.6) is 11.5 Å². The van der Waals surface area contributed by atoms with Crippen LogP contribution in [0.2, 0.25) is 5.02 Å². The highest BCUT2D eigenvalue weighted by molar-refractivity contribution is 6.31. The van der Waals surface area contributed by atoms with Crippen molar-refractivity contribution in [2.24, 2.45) is 0 Å². The normalized spacial score (nSPS) is 12.9. The molecule has 0 radical (unpaired) electrons. The maximum absolute atomic E-state index is 12.5. The van der Waals surface area contributed by atoms with Crippen molar-refractivity contribution in [2.45, 2.75) is 13.5 Å². The minimum absolute atomic E-state index is 0.141. The summed E-state index contributed by atoms with van der Waals surface area (Å²) in [5.41, 5.74) is 0.925. The van der Waals surface area contributed by atoms with Crippen LogP contribution in [0.4, 0.5) is 5.69 Å². The van der Waals surface area contributed by atoms with Crippen LogP contribution in [-0.2, 0) is 11.3 Å². The number of nitrogens with zero attached hydrogens (tertiary/aromatic N) is 2. The Labute approximate surface area is 177 Å². The Hall–Kier alpha value is -3.10. The van der Waals surface area contributed by atoms with Gasteiger partial charge in [0.15, 0.2) is 11.5 Å². The Morgan fingerprint density at radius 3 is 2.80 bits per heavy atom. The predicted octanol–water partition coefficient (Wildman–Crippen LogP) is 2.81. The lowest BCUT2D eigenvalue weighted by atomic mass is 10.2. The molecule has 0 spiro atoms. The number of ether oxygens (including phenoxy) is 2. The van der Waals surface area contributed by atoms with Gasteiger partial charge in [0, 0.05) is 16.8 Å². The molecule has 156 valence electrons. The summed E-state index contributed by atoms with van der Waals surface area (Å²) in [6, 6.07) is 10.2. The fourth-order valence-corrected chi connectivity index (χ4v) is 3.42. The largest absolute Gasteiger partial charge is 0.486 e. The molecule has 4 rings (SSSR count). The van der Waals surface area contributed by atoms with Crippen LogP contribution in [-0.4, -0.2) is 47.1 Å². The Balaban J connectivity index is 1.44. The third-order valence-electron chi connectivity index (χ3n) is 4.73. The van der Waals surface area contributed by atoms with E-state index in [1.807, 2.05) is 11.8 Å². The Kier molecular flexibility index (Phi) is 5.87. The van der Waals surface area contributed by atoms with Gasteiger partial charge in [0.1, 0.15) is 19.0 Å². The number of benzene rings is 2. The highest BCUT2D eigenvalue weighted by atomic mass is 35.5. The van der Waals surface area contributed by atoms with Gasteiger partial charge in [0.25, 0.3) is 5.56 Å². The molecular formula is C21H21ClN4O4. The minimum Gasteiger partial charge on any atom is -0.486 e. The summed E-state index contributed by atoms with van der Waals surface area (Å²) >= 11 is 6.01. The number of hydrogen-bond donors (Lipinski definition) is 2. The van der Waals surface area contributed by atoms with E-state index in [4.69, 9.17) is 21.1 Å². The molecule has 1 aromatic heterocycles. The number of fused-ring (bicyclic) bond motifs is 2. The minimum atomic E-state index is -0.233. The zero-order chi connectivity index (χ0) is 21.1. The van der Waals surface area contributed by atoms with Gasteiger partial charge in [-0.3, -0.25) is 14.5 Å². The summed E-state index contributed by atoms with van der Waals surface area (Å²) in [4.78, 5) is 34.0. The zero-order valence-corrected chi connectivity index (χ0v) is 17.2. The van der Waals surface area contributed by atoms with Gasteiger partial charge in [-0.25, -0.2) is 4.98 Å². The number of anilines is 1. The van der Waals surface area contributed by atoms with E-state index in [1.54, 1.807) is 36.4 Å². The molecule has 2 N–H and O–H groups in total. The topological polar surface area (TPSA) is 96.6 Å². The second-order valence-corrected chi connectivity index (χ2v) is 7.32.